The van der Waals surface area contributed by atoms with Gasteiger partial charge in [-0.25, -0.2) is 4.98 Å². The van der Waals surface area contributed by atoms with E-state index in [4.69, 9.17) is 0 Å². The Hall–Kier alpha value is -1.04. The predicted molar refractivity (Wildman–Crippen MR) is 50.3 cm³/mol. The fourth-order valence-corrected chi connectivity index (χ4v) is 1.42. The van der Waals surface area contributed by atoms with Gasteiger partial charge >= 0.3 is 6.18 Å². The summed E-state index contributed by atoms with van der Waals surface area (Å²) in [5, 5.41) is 2.83. The zero-order chi connectivity index (χ0) is 11.5. The zero-order valence-electron chi connectivity index (χ0n) is 8.67. The molecule has 1 rings (SSSR count). The molecule has 0 spiro atoms. The number of hydrogen-bond donors (Lipinski definition) is 1. The molecule has 0 saturated carbocycles. The van der Waals surface area contributed by atoms with E-state index < -0.39 is 12.6 Å². The highest BCUT2D eigenvalue weighted by atomic mass is 19.4. The minimum atomic E-state index is -4.11. The van der Waals surface area contributed by atoms with Gasteiger partial charge in [0.25, 0.3) is 0 Å². The molecule has 6 heteroatoms. The van der Waals surface area contributed by atoms with Crippen molar-refractivity contribution in [3.63, 3.8) is 0 Å². The third kappa shape index (κ3) is 3.54. The van der Waals surface area contributed by atoms with Crippen LogP contribution in [0.5, 0.6) is 0 Å². The highest BCUT2D eigenvalue weighted by Crippen LogP contribution is 2.26. The Bertz CT molecular complexity index is 306. The molecule has 1 heterocycles. The topological polar surface area (TPSA) is 29.9 Å². The molecule has 0 radical (unpaired) electrons. The average molecular weight is 221 g/mol. The summed E-state index contributed by atoms with van der Waals surface area (Å²) in [6, 6.07) is -0.355. The van der Waals surface area contributed by atoms with Gasteiger partial charge in [0.15, 0.2) is 0 Å². The van der Waals surface area contributed by atoms with Gasteiger partial charge in [0.05, 0.1) is 6.04 Å². The van der Waals surface area contributed by atoms with Gasteiger partial charge < -0.3 is 9.88 Å². The van der Waals surface area contributed by atoms with E-state index in [2.05, 4.69) is 10.3 Å². The summed E-state index contributed by atoms with van der Waals surface area (Å²) in [6.07, 6.45) is -1.61. The van der Waals surface area contributed by atoms with E-state index in [9.17, 15) is 13.2 Å². The van der Waals surface area contributed by atoms with Gasteiger partial charge in [-0.1, -0.05) is 0 Å². The van der Waals surface area contributed by atoms with Crippen LogP contribution >= 0.6 is 0 Å². The molecule has 1 atom stereocenters. The number of rotatable bonds is 4. The van der Waals surface area contributed by atoms with Crippen LogP contribution < -0.4 is 5.32 Å². The lowest BCUT2D eigenvalue weighted by Crippen LogP contribution is -2.22. The summed E-state index contributed by atoms with van der Waals surface area (Å²) in [5.74, 6) is 0.627. The van der Waals surface area contributed by atoms with Crippen LogP contribution in [0.4, 0.5) is 13.2 Å². The summed E-state index contributed by atoms with van der Waals surface area (Å²) in [4.78, 5) is 4.02. The van der Waals surface area contributed by atoms with Crippen LogP contribution in [0, 0.1) is 0 Å². The van der Waals surface area contributed by atoms with E-state index in [1.165, 1.54) is 0 Å². The molecule has 0 aliphatic heterocycles. The Kier molecular flexibility index (Phi) is 3.73. The van der Waals surface area contributed by atoms with Gasteiger partial charge in [0.1, 0.15) is 5.82 Å². The number of nitrogens with one attached hydrogen (secondary N) is 1. The summed E-state index contributed by atoms with van der Waals surface area (Å²) < 4.78 is 37.8. The normalized spacial score (nSPS) is 14.2. The molecule has 0 aliphatic rings. The van der Waals surface area contributed by atoms with E-state index >= 15 is 0 Å². The number of alkyl halides is 3. The molecule has 3 nitrogen and oxygen atoms in total. The Morgan fingerprint density at radius 1 is 1.53 bits per heavy atom. The molecule has 15 heavy (non-hydrogen) atoms. The molecule has 0 amide bonds. The van der Waals surface area contributed by atoms with Crippen LogP contribution in [0.15, 0.2) is 12.4 Å². The van der Waals surface area contributed by atoms with Crippen LogP contribution in [0.1, 0.15) is 24.7 Å². The fraction of sp³-hybridized carbons (Fsp3) is 0.667. The number of halogens is 3. The van der Waals surface area contributed by atoms with Gasteiger partial charge in [0.2, 0.25) is 0 Å². The average Bonchev–Trinajstić information content (AvgIpc) is 2.52. The van der Waals surface area contributed by atoms with E-state index in [0.29, 0.717) is 5.82 Å². The van der Waals surface area contributed by atoms with Gasteiger partial charge in [-0.2, -0.15) is 13.2 Å². The number of hydrogen-bond acceptors (Lipinski definition) is 2. The Balaban J connectivity index is 2.61. The molecule has 0 bridgehead atoms. The molecule has 0 saturated heterocycles. The van der Waals surface area contributed by atoms with Gasteiger partial charge in [-0.05, 0) is 13.5 Å². The standard InChI is InChI=1S/C9H14F3N3/c1-13-7(3-4-9(10,11)12)8-14-5-6-15(8)2/h5-7,13H,3-4H2,1-2H3. The van der Waals surface area contributed by atoms with Crippen molar-refractivity contribution >= 4 is 0 Å². The maximum Gasteiger partial charge on any atom is 0.389 e. The molecule has 1 aromatic heterocycles. The summed E-state index contributed by atoms with van der Waals surface area (Å²) in [7, 11) is 3.40. The lowest BCUT2D eigenvalue weighted by atomic mass is 10.1. The SMILES string of the molecule is CNC(CCC(F)(F)F)c1nccn1C. The largest absolute Gasteiger partial charge is 0.389 e. The fourth-order valence-electron chi connectivity index (χ4n) is 1.42. The van der Waals surface area contributed by atoms with Crippen molar-refractivity contribution in [1.82, 2.24) is 14.9 Å². The molecular formula is C9H14F3N3. The van der Waals surface area contributed by atoms with Gasteiger partial charge in [0, 0.05) is 25.9 Å². The van der Waals surface area contributed by atoms with Crippen molar-refractivity contribution in [3.8, 4) is 0 Å². The van der Waals surface area contributed by atoms with Crippen LogP contribution in [0.3, 0.4) is 0 Å². The first-order valence-corrected chi connectivity index (χ1v) is 4.65. The first-order valence-electron chi connectivity index (χ1n) is 4.65. The molecule has 1 unspecified atom stereocenters. The molecular weight excluding hydrogens is 207 g/mol. The number of aromatic nitrogens is 2. The zero-order valence-corrected chi connectivity index (χ0v) is 8.67. The summed E-state index contributed by atoms with van der Waals surface area (Å²) in [5.41, 5.74) is 0. The van der Waals surface area contributed by atoms with E-state index in [-0.39, 0.29) is 12.5 Å². The lowest BCUT2D eigenvalue weighted by Gasteiger charge is -2.16. The molecule has 1 N–H and O–H groups in total. The number of aryl methyl sites for hydroxylation is 1. The van der Waals surface area contributed by atoms with Crippen molar-refractivity contribution < 1.29 is 13.2 Å². The molecule has 0 fully saturated rings. The van der Waals surface area contributed by atoms with E-state index in [0.717, 1.165) is 0 Å². The molecule has 1 aromatic rings. The van der Waals surface area contributed by atoms with E-state index in [1.807, 2.05) is 0 Å². The second kappa shape index (κ2) is 4.65. The second-order valence-corrected chi connectivity index (χ2v) is 3.39. The van der Waals surface area contributed by atoms with Crippen molar-refractivity contribution in [3.05, 3.63) is 18.2 Å². The summed E-state index contributed by atoms with van der Waals surface area (Å²) in [6.45, 7) is 0. The monoisotopic (exact) mass is 221 g/mol. The summed E-state index contributed by atoms with van der Waals surface area (Å²) >= 11 is 0. The van der Waals surface area contributed by atoms with Crippen molar-refractivity contribution in [2.24, 2.45) is 7.05 Å². The van der Waals surface area contributed by atoms with Crippen molar-refractivity contribution in [1.29, 1.82) is 0 Å². The number of nitrogens with zero attached hydrogens (tertiary/aromatic N) is 2. The second-order valence-electron chi connectivity index (χ2n) is 3.39. The number of imidazole rings is 1. The van der Waals surface area contributed by atoms with Gasteiger partial charge in [-0.15, -0.1) is 0 Å². The Morgan fingerprint density at radius 2 is 2.20 bits per heavy atom. The predicted octanol–water partition coefficient (Wildman–Crippen LogP) is 2.02. The lowest BCUT2D eigenvalue weighted by molar-refractivity contribution is -0.136. The smallest absolute Gasteiger partial charge is 0.337 e. The minimum absolute atomic E-state index is 0.00481. The van der Waals surface area contributed by atoms with Crippen molar-refractivity contribution in [2.75, 3.05) is 7.05 Å². The van der Waals surface area contributed by atoms with Crippen LogP contribution in [-0.4, -0.2) is 22.8 Å². The van der Waals surface area contributed by atoms with Crippen molar-refractivity contribution in [2.45, 2.75) is 25.1 Å². The highest BCUT2D eigenvalue weighted by Gasteiger charge is 2.29. The maximum atomic E-state index is 12.0. The van der Waals surface area contributed by atoms with Crippen LogP contribution in [0.25, 0.3) is 0 Å². The quantitative estimate of drug-likeness (QED) is 0.843. The van der Waals surface area contributed by atoms with Gasteiger partial charge in [-0.3, -0.25) is 0 Å². The molecule has 0 aliphatic carbocycles. The third-order valence-corrected chi connectivity index (χ3v) is 2.24. The third-order valence-electron chi connectivity index (χ3n) is 2.24. The first kappa shape index (κ1) is 12.0. The van der Waals surface area contributed by atoms with E-state index in [1.54, 1.807) is 31.1 Å². The highest BCUT2D eigenvalue weighted by molar-refractivity contribution is 4.98. The Labute approximate surface area is 86.3 Å². The maximum absolute atomic E-state index is 12.0. The Morgan fingerprint density at radius 3 is 2.60 bits per heavy atom. The van der Waals surface area contributed by atoms with Crippen LogP contribution in [0.2, 0.25) is 0 Å². The molecule has 0 aromatic carbocycles. The molecule has 86 valence electrons. The first-order chi connectivity index (χ1) is 6.94. The van der Waals surface area contributed by atoms with Crippen LogP contribution in [-0.2, 0) is 7.05 Å². The minimum Gasteiger partial charge on any atom is -0.337 e.